The van der Waals surface area contributed by atoms with Gasteiger partial charge in [-0.15, -0.1) is 5.10 Å². The first-order valence-electron chi connectivity index (χ1n) is 10.6. The molecule has 0 aliphatic rings. The van der Waals surface area contributed by atoms with Gasteiger partial charge in [-0.1, -0.05) is 17.4 Å². The Bertz CT molecular complexity index is 1520. The van der Waals surface area contributed by atoms with Gasteiger partial charge >= 0.3 is 0 Å². The number of nitrogens with zero attached hydrogens (tertiary/aromatic N) is 5. The lowest BCUT2D eigenvalue weighted by molar-refractivity contribution is 0.104. The normalized spacial score (nSPS) is 11.4. The smallest absolute Gasteiger partial charge is 0.264 e. The quantitative estimate of drug-likeness (QED) is 0.268. The van der Waals surface area contributed by atoms with Crippen molar-refractivity contribution in [3.8, 4) is 17.2 Å². The van der Waals surface area contributed by atoms with E-state index in [1.165, 1.54) is 42.4 Å². The fourth-order valence-corrected chi connectivity index (χ4v) is 4.26. The van der Waals surface area contributed by atoms with Crippen molar-refractivity contribution < 1.29 is 22.7 Å². The Morgan fingerprint density at radius 1 is 1.00 bits per heavy atom. The number of hydrogen-bond acceptors (Lipinski definition) is 9. The number of allylic oxidation sites excluding steroid dienone is 1. The Balaban J connectivity index is 1.51. The molecule has 0 unspecified atom stereocenters. The second kappa shape index (κ2) is 10.4. The van der Waals surface area contributed by atoms with Crippen molar-refractivity contribution in [1.29, 1.82) is 0 Å². The molecule has 0 bridgehead atoms. The molecule has 0 aliphatic carbocycles. The topological polar surface area (TPSA) is 138 Å². The third-order valence-corrected chi connectivity index (χ3v) is 6.49. The van der Waals surface area contributed by atoms with Gasteiger partial charge in [-0.25, -0.2) is 27.8 Å². The first-order valence-corrected chi connectivity index (χ1v) is 12.1. The average molecular weight is 507 g/mol. The van der Waals surface area contributed by atoms with Crippen LogP contribution in [-0.2, 0) is 10.0 Å². The summed E-state index contributed by atoms with van der Waals surface area (Å²) in [5, 5.41) is 8.07. The number of carbonyl (C=O) groups excluding carboxylic acids is 1. The number of anilines is 1. The molecule has 0 aliphatic heterocycles. The van der Waals surface area contributed by atoms with Crippen molar-refractivity contribution in [1.82, 2.24) is 25.0 Å². The minimum atomic E-state index is -3.87. The molecule has 4 aromatic rings. The number of aromatic nitrogens is 5. The van der Waals surface area contributed by atoms with Gasteiger partial charge in [0.2, 0.25) is 11.7 Å². The summed E-state index contributed by atoms with van der Waals surface area (Å²) in [4.78, 5) is 20.5. The van der Waals surface area contributed by atoms with Crippen molar-refractivity contribution in [3.05, 3.63) is 84.0 Å². The number of hydrogen-bond donors (Lipinski definition) is 1. The molecule has 12 heteroatoms. The van der Waals surface area contributed by atoms with E-state index in [9.17, 15) is 13.2 Å². The maximum Gasteiger partial charge on any atom is 0.264 e. The highest BCUT2D eigenvalue weighted by Crippen LogP contribution is 2.28. The van der Waals surface area contributed by atoms with E-state index in [0.717, 1.165) is 5.56 Å². The first-order chi connectivity index (χ1) is 17.3. The van der Waals surface area contributed by atoms with Crippen LogP contribution in [0.15, 0.2) is 71.9 Å². The highest BCUT2D eigenvalue weighted by atomic mass is 32.2. The minimum absolute atomic E-state index is 0.0191. The lowest BCUT2D eigenvalue weighted by atomic mass is 10.1. The highest BCUT2D eigenvalue weighted by Gasteiger charge is 2.18. The lowest BCUT2D eigenvalue weighted by Crippen LogP contribution is -2.15. The maximum atomic E-state index is 12.8. The number of ketones is 1. The number of ether oxygens (including phenoxy) is 2. The van der Waals surface area contributed by atoms with Crippen molar-refractivity contribution in [2.75, 3.05) is 18.9 Å². The third kappa shape index (κ3) is 5.23. The van der Waals surface area contributed by atoms with Crippen molar-refractivity contribution in [2.24, 2.45) is 0 Å². The van der Waals surface area contributed by atoms with Crippen LogP contribution in [0.4, 0.5) is 5.95 Å². The van der Waals surface area contributed by atoms with E-state index < -0.39 is 10.0 Å². The molecule has 11 nitrogen and oxygen atoms in total. The van der Waals surface area contributed by atoms with Crippen LogP contribution in [0.1, 0.15) is 21.7 Å². The third-order valence-electron chi connectivity index (χ3n) is 5.15. The molecule has 4 rings (SSSR count). The van der Waals surface area contributed by atoms with E-state index in [0.29, 0.717) is 22.9 Å². The zero-order chi connectivity index (χ0) is 25.7. The van der Waals surface area contributed by atoms with Gasteiger partial charge in [0.1, 0.15) is 0 Å². The van der Waals surface area contributed by atoms with E-state index >= 15 is 0 Å². The summed E-state index contributed by atoms with van der Waals surface area (Å²) in [5.41, 5.74) is 1.96. The number of methoxy groups -OCH3 is 2. The summed E-state index contributed by atoms with van der Waals surface area (Å²) in [6.07, 6.45) is 5.91. The number of sulfonamides is 1. The second-order valence-corrected chi connectivity index (χ2v) is 9.10. The molecule has 2 aromatic heterocycles. The zero-order valence-corrected chi connectivity index (χ0v) is 20.4. The summed E-state index contributed by atoms with van der Waals surface area (Å²) in [7, 11) is -0.791. The summed E-state index contributed by atoms with van der Waals surface area (Å²) < 4.78 is 39.4. The Kier molecular flexibility index (Phi) is 7.06. The predicted molar refractivity (Wildman–Crippen MR) is 132 cm³/mol. The highest BCUT2D eigenvalue weighted by molar-refractivity contribution is 7.92. The van der Waals surface area contributed by atoms with Gasteiger partial charge in [0.05, 0.1) is 30.5 Å². The molecular formula is C24H22N6O5S. The number of nitrogens with one attached hydrogen (secondary N) is 1. The summed E-state index contributed by atoms with van der Waals surface area (Å²) in [6, 6.07) is 12.8. The predicted octanol–water partition coefficient (Wildman–Crippen LogP) is 3.08. The number of benzene rings is 2. The van der Waals surface area contributed by atoms with Crippen molar-refractivity contribution >= 4 is 27.8 Å². The largest absolute Gasteiger partial charge is 0.493 e. The monoisotopic (exact) mass is 506 g/mol. The van der Waals surface area contributed by atoms with Crippen LogP contribution in [-0.4, -0.2) is 53.4 Å². The Labute approximate surface area is 207 Å². The van der Waals surface area contributed by atoms with Crippen LogP contribution in [0.5, 0.6) is 11.5 Å². The molecule has 184 valence electrons. The van der Waals surface area contributed by atoms with Gasteiger partial charge in [-0.3, -0.25) is 4.79 Å². The molecule has 2 aromatic carbocycles. The minimum Gasteiger partial charge on any atom is -0.493 e. The summed E-state index contributed by atoms with van der Waals surface area (Å²) in [5.74, 6) is 0.770. The molecule has 0 amide bonds. The Morgan fingerprint density at radius 3 is 2.36 bits per heavy atom. The van der Waals surface area contributed by atoms with Gasteiger partial charge in [-0.2, -0.15) is 0 Å². The van der Waals surface area contributed by atoms with Crippen molar-refractivity contribution in [2.45, 2.75) is 11.8 Å². The van der Waals surface area contributed by atoms with Crippen LogP contribution < -0.4 is 14.2 Å². The van der Waals surface area contributed by atoms with E-state index in [1.54, 1.807) is 56.5 Å². The van der Waals surface area contributed by atoms with Gasteiger partial charge in [0, 0.05) is 12.4 Å². The molecule has 2 heterocycles. The summed E-state index contributed by atoms with van der Waals surface area (Å²) in [6.45, 7) is 1.70. The zero-order valence-electron chi connectivity index (χ0n) is 19.6. The van der Waals surface area contributed by atoms with E-state index in [1.807, 2.05) is 0 Å². The molecule has 36 heavy (non-hydrogen) atoms. The Hall–Kier alpha value is -4.58. The molecular weight excluding hydrogens is 484 g/mol. The number of carbonyl (C=O) groups is 1. The van der Waals surface area contributed by atoms with Crippen LogP contribution in [0.25, 0.3) is 11.8 Å². The maximum absolute atomic E-state index is 12.8. The van der Waals surface area contributed by atoms with E-state index in [4.69, 9.17) is 9.47 Å². The van der Waals surface area contributed by atoms with Crippen LogP contribution in [0.3, 0.4) is 0 Å². The van der Waals surface area contributed by atoms with Crippen molar-refractivity contribution in [3.63, 3.8) is 0 Å². The van der Waals surface area contributed by atoms with Gasteiger partial charge in [0.25, 0.3) is 10.0 Å². The van der Waals surface area contributed by atoms with Crippen LogP contribution in [0, 0.1) is 6.92 Å². The average Bonchev–Trinajstić information content (AvgIpc) is 3.28. The molecule has 0 saturated carbocycles. The van der Waals surface area contributed by atoms with E-state index in [-0.39, 0.29) is 22.3 Å². The molecule has 0 radical (unpaired) electrons. The molecule has 0 atom stereocenters. The van der Waals surface area contributed by atoms with Gasteiger partial charge in [0.15, 0.2) is 17.2 Å². The van der Waals surface area contributed by atoms with E-state index in [2.05, 4.69) is 25.0 Å². The fourth-order valence-electron chi connectivity index (χ4n) is 3.31. The Morgan fingerprint density at radius 2 is 1.69 bits per heavy atom. The molecule has 0 fully saturated rings. The number of rotatable bonds is 9. The SMILES string of the molecule is COc1ccc(/C=C/C(=O)c2nnn(-c3ccc(S(=O)(=O)Nc4ncccn4)cc3)c2C)cc1OC. The molecule has 0 spiro atoms. The summed E-state index contributed by atoms with van der Waals surface area (Å²) >= 11 is 0. The van der Waals surface area contributed by atoms with Gasteiger partial charge in [-0.05, 0) is 61.0 Å². The fraction of sp³-hybridized carbons (Fsp3) is 0.125. The second-order valence-electron chi connectivity index (χ2n) is 7.42. The molecule has 0 saturated heterocycles. The standard InChI is InChI=1S/C24H22N6O5S/c1-16-23(20(31)11-5-17-6-12-21(34-2)22(15-17)35-3)27-29-30(16)18-7-9-19(10-8-18)36(32,33)28-24-25-13-4-14-26-24/h4-15H,1-3H3,(H,25,26,28)/b11-5+. The van der Waals surface area contributed by atoms with Gasteiger partial charge < -0.3 is 9.47 Å². The van der Waals surface area contributed by atoms with Crippen LogP contribution >= 0.6 is 0 Å². The molecule has 1 N–H and O–H groups in total. The first kappa shape index (κ1) is 24.5. The lowest BCUT2D eigenvalue weighted by Gasteiger charge is -2.08. The van der Waals surface area contributed by atoms with Crippen LogP contribution in [0.2, 0.25) is 0 Å².